The Kier molecular flexibility index (Phi) is 18.2. The molecule has 3 N–H and O–H groups in total. The number of unbranched alkanes of at least 4 members (excludes halogenated alkanes) is 1. The molecule has 1 aliphatic rings. The summed E-state index contributed by atoms with van der Waals surface area (Å²) in [5, 5.41) is 12.9. The van der Waals surface area contributed by atoms with E-state index in [2.05, 4.69) is 5.32 Å². The normalized spacial score (nSPS) is 23.5. The van der Waals surface area contributed by atoms with E-state index in [1.165, 1.54) is 35.0 Å². The molecule has 238 valence electrons. The zero-order valence-electron chi connectivity index (χ0n) is 24.0. The lowest BCUT2D eigenvalue weighted by molar-refractivity contribution is -0.266. The van der Waals surface area contributed by atoms with Gasteiger partial charge in [-0.1, -0.05) is 12.2 Å². The molecule has 7 atom stereocenters. The molecule has 1 rings (SSSR count). The summed E-state index contributed by atoms with van der Waals surface area (Å²) in [6.07, 6.45) is -2.27. The highest BCUT2D eigenvalue weighted by molar-refractivity contribution is 8.07. The number of aliphatic hydroxyl groups is 1. The standard InChI is InChI=1S/C24H42NO13PS2/c1-15(27)34-14-21-24(36-17(3)29)19(35-16(2)28)10-23(37-21)33-9-7-6-8-22(40)25-11-18(12-26)20(13-31-4)38-39(30,41)32-5/h18-21,23-24,26H,6-14H2,1-5H3,(H,25,40)(H,30,41). The molecule has 1 fully saturated rings. The highest BCUT2D eigenvalue weighted by Gasteiger charge is 2.44. The molecule has 14 nitrogen and oxygen atoms in total. The van der Waals surface area contributed by atoms with Crippen molar-refractivity contribution in [1.29, 1.82) is 0 Å². The lowest BCUT2D eigenvalue weighted by atomic mass is 10.0. The van der Waals surface area contributed by atoms with Gasteiger partial charge in [0.05, 0.1) is 24.3 Å². The van der Waals surface area contributed by atoms with Crippen molar-refractivity contribution < 1.29 is 61.9 Å². The fraction of sp³-hybridized carbons (Fsp3) is 0.833. The molecule has 1 aliphatic heterocycles. The van der Waals surface area contributed by atoms with Crippen molar-refractivity contribution >= 4 is 53.6 Å². The third-order valence-corrected chi connectivity index (χ3v) is 7.86. The largest absolute Gasteiger partial charge is 0.463 e. The van der Waals surface area contributed by atoms with Crippen molar-refractivity contribution in [2.45, 2.75) is 77.2 Å². The number of carbonyl (C=O) groups excluding carboxylic acids is 3. The van der Waals surface area contributed by atoms with Gasteiger partial charge in [-0.2, -0.15) is 0 Å². The Bertz CT molecular complexity index is 896. The van der Waals surface area contributed by atoms with E-state index >= 15 is 0 Å². The fourth-order valence-electron chi connectivity index (χ4n) is 3.88. The molecule has 1 saturated heterocycles. The number of nitrogens with one attached hydrogen (secondary N) is 1. The number of carbonyl (C=O) groups is 3. The predicted octanol–water partition coefficient (Wildman–Crippen LogP) is 1.14. The second-order valence-electron chi connectivity index (χ2n) is 9.19. The Morgan fingerprint density at radius 3 is 2.34 bits per heavy atom. The molecular weight excluding hydrogens is 605 g/mol. The molecule has 17 heteroatoms. The first-order chi connectivity index (χ1) is 19.3. The van der Waals surface area contributed by atoms with Crippen LogP contribution in [-0.4, -0.2) is 111 Å². The molecule has 7 unspecified atom stereocenters. The zero-order valence-corrected chi connectivity index (χ0v) is 26.5. The molecule has 0 aliphatic carbocycles. The Labute approximate surface area is 250 Å². The van der Waals surface area contributed by atoms with Crippen molar-refractivity contribution in [1.82, 2.24) is 5.32 Å². The molecule has 0 aromatic carbocycles. The average molecular weight is 648 g/mol. The zero-order chi connectivity index (χ0) is 31.0. The van der Waals surface area contributed by atoms with Crippen LogP contribution in [0.3, 0.4) is 0 Å². The summed E-state index contributed by atoms with van der Waals surface area (Å²) < 4.78 is 42.8. The van der Waals surface area contributed by atoms with E-state index in [9.17, 15) is 24.4 Å². The molecule has 0 spiro atoms. The van der Waals surface area contributed by atoms with Gasteiger partial charge >= 0.3 is 24.6 Å². The van der Waals surface area contributed by atoms with Gasteiger partial charge in [0.15, 0.2) is 12.4 Å². The van der Waals surface area contributed by atoms with Gasteiger partial charge in [0.1, 0.15) is 18.8 Å². The third kappa shape index (κ3) is 15.6. The maximum atomic E-state index is 11.7. The minimum Gasteiger partial charge on any atom is -0.463 e. The Morgan fingerprint density at radius 2 is 1.78 bits per heavy atom. The number of rotatable bonds is 19. The maximum absolute atomic E-state index is 11.7. The molecule has 41 heavy (non-hydrogen) atoms. The van der Waals surface area contributed by atoms with Crippen LogP contribution in [0, 0.1) is 5.92 Å². The summed E-state index contributed by atoms with van der Waals surface area (Å²) >= 11 is 10.3. The van der Waals surface area contributed by atoms with Crippen LogP contribution in [-0.2, 0) is 63.7 Å². The van der Waals surface area contributed by atoms with Crippen LogP contribution < -0.4 is 5.32 Å². The van der Waals surface area contributed by atoms with Crippen LogP contribution in [0.4, 0.5) is 0 Å². The second-order valence-corrected chi connectivity index (χ2v) is 12.6. The summed E-state index contributed by atoms with van der Waals surface area (Å²) in [5.41, 5.74) is 0. The molecule has 0 radical (unpaired) electrons. The molecule has 0 saturated carbocycles. The van der Waals surface area contributed by atoms with Crippen molar-refractivity contribution in [3.63, 3.8) is 0 Å². The van der Waals surface area contributed by atoms with Crippen molar-refractivity contribution in [2.75, 3.05) is 47.2 Å². The van der Waals surface area contributed by atoms with Crippen molar-refractivity contribution in [2.24, 2.45) is 5.92 Å². The van der Waals surface area contributed by atoms with Crippen LogP contribution in [0.5, 0.6) is 0 Å². The molecular formula is C24H42NO13PS2. The van der Waals surface area contributed by atoms with E-state index in [0.717, 1.165) is 0 Å². The van der Waals surface area contributed by atoms with E-state index in [-0.39, 0.29) is 32.8 Å². The summed E-state index contributed by atoms with van der Waals surface area (Å²) in [4.78, 5) is 45.1. The number of esters is 3. The van der Waals surface area contributed by atoms with Crippen molar-refractivity contribution in [3.8, 4) is 0 Å². The SMILES string of the molecule is COCC(OP(O)(=S)OC)C(CO)CNC(=S)CCCCOC1CC(OC(C)=O)C(OC(C)=O)C(COC(C)=O)O1. The van der Waals surface area contributed by atoms with E-state index in [1.807, 2.05) is 0 Å². The molecule has 1 heterocycles. The van der Waals surface area contributed by atoms with Crippen LogP contribution in [0.25, 0.3) is 0 Å². The first kappa shape index (κ1) is 37.7. The molecule has 0 aromatic heterocycles. The van der Waals surface area contributed by atoms with E-state index < -0.39 is 61.3 Å². The van der Waals surface area contributed by atoms with Gasteiger partial charge in [0.2, 0.25) is 0 Å². The minimum absolute atomic E-state index is 0.0875. The van der Waals surface area contributed by atoms with Gasteiger partial charge in [-0.3, -0.25) is 14.4 Å². The van der Waals surface area contributed by atoms with Crippen molar-refractivity contribution in [3.05, 3.63) is 0 Å². The fourth-order valence-corrected chi connectivity index (χ4v) is 5.10. The molecule has 0 amide bonds. The number of ether oxygens (including phenoxy) is 6. The number of aliphatic hydroxyl groups excluding tert-OH is 1. The topological polar surface area (TPSA) is 178 Å². The summed E-state index contributed by atoms with van der Waals surface area (Å²) in [7, 11) is 2.71. The van der Waals surface area contributed by atoms with E-state index in [4.69, 9.17) is 61.5 Å². The average Bonchev–Trinajstić information content (AvgIpc) is 2.88. The molecule has 0 aromatic rings. The quantitative estimate of drug-likeness (QED) is 0.0597. The summed E-state index contributed by atoms with van der Waals surface area (Å²) in [5.74, 6) is -2.18. The van der Waals surface area contributed by atoms with Crippen LogP contribution in [0.1, 0.15) is 46.5 Å². The third-order valence-electron chi connectivity index (χ3n) is 5.81. The van der Waals surface area contributed by atoms with Gasteiger partial charge in [-0.05, 0) is 31.1 Å². The lowest BCUT2D eigenvalue weighted by Crippen LogP contribution is -2.54. The first-order valence-electron chi connectivity index (χ1n) is 13.0. The Hall–Kier alpha value is -1.33. The maximum Gasteiger partial charge on any atom is 0.324 e. The Morgan fingerprint density at radius 1 is 1.10 bits per heavy atom. The number of methoxy groups -OCH3 is 1. The monoisotopic (exact) mass is 647 g/mol. The van der Waals surface area contributed by atoms with Crippen LogP contribution in [0.15, 0.2) is 0 Å². The van der Waals surface area contributed by atoms with Gasteiger partial charge in [0.25, 0.3) is 0 Å². The Balaban J connectivity index is 2.57. The summed E-state index contributed by atoms with van der Waals surface area (Å²) in [6, 6.07) is 0. The molecule has 0 bridgehead atoms. The predicted molar refractivity (Wildman–Crippen MR) is 152 cm³/mol. The van der Waals surface area contributed by atoms with Gasteiger partial charge in [0, 0.05) is 60.5 Å². The van der Waals surface area contributed by atoms with E-state index in [1.54, 1.807) is 0 Å². The number of thiocarbonyl (C=S) groups is 1. The van der Waals surface area contributed by atoms with Crippen LogP contribution >= 0.6 is 18.9 Å². The van der Waals surface area contributed by atoms with Gasteiger partial charge in [-0.25, -0.2) is 0 Å². The van der Waals surface area contributed by atoms with Gasteiger partial charge in [-0.15, -0.1) is 0 Å². The highest BCUT2D eigenvalue weighted by atomic mass is 32.5. The number of hydrogen-bond acceptors (Lipinski definition) is 14. The van der Waals surface area contributed by atoms with Gasteiger partial charge < -0.3 is 52.8 Å². The highest BCUT2D eigenvalue weighted by Crippen LogP contribution is 2.45. The second kappa shape index (κ2) is 19.8. The summed E-state index contributed by atoms with van der Waals surface area (Å²) in [6.45, 7) is 0.403. The minimum atomic E-state index is -3.46. The number of hydrogen-bond donors (Lipinski definition) is 3. The van der Waals surface area contributed by atoms with Crippen LogP contribution in [0.2, 0.25) is 0 Å². The first-order valence-corrected chi connectivity index (χ1v) is 16.0. The smallest absolute Gasteiger partial charge is 0.324 e. The lowest BCUT2D eigenvalue weighted by Gasteiger charge is -2.39. The van der Waals surface area contributed by atoms with E-state index in [0.29, 0.717) is 30.9 Å².